The maximum atomic E-state index is 12.1. The fraction of sp³-hybridized carbons (Fsp3) is 0.176. The molecule has 5 nitrogen and oxygen atoms in total. The van der Waals surface area contributed by atoms with Crippen LogP contribution in [0.1, 0.15) is 17.5 Å². The number of sulfone groups is 1. The Kier molecular flexibility index (Phi) is 5.96. The van der Waals surface area contributed by atoms with Crippen LogP contribution < -0.4 is 0 Å². The van der Waals surface area contributed by atoms with E-state index in [1.54, 1.807) is 24.3 Å². The Balaban J connectivity index is 1.86. The number of nitrogens with zero attached hydrogens (tertiary/aromatic N) is 1. The topological polar surface area (TPSA) is 84.2 Å². The summed E-state index contributed by atoms with van der Waals surface area (Å²) in [5, 5.41) is 9.14. The fourth-order valence-electron chi connectivity index (χ4n) is 1.89. The van der Waals surface area contributed by atoms with Crippen LogP contribution in [0.4, 0.5) is 0 Å². The van der Waals surface area contributed by atoms with Crippen LogP contribution in [0.2, 0.25) is 5.02 Å². The van der Waals surface area contributed by atoms with Crippen LogP contribution in [0.15, 0.2) is 53.4 Å². The van der Waals surface area contributed by atoms with Crippen molar-refractivity contribution in [1.29, 1.82) is 5.26 Å². The van der Waals surface area contributed by atoms with Crippen LogP contribution in [0, 0.1) is 11.3 Å². The number of carbonyl (C=O) groups is 1. The number of hydrogen-bond donors (Lipinski definition) is 0. The van der Waals surface area contributed by atoms with Gasteiger partial charge < -0.3 is 4.74 Å². The van der Waals surface area contributed by atoms with Crippen LogP contribution in [-0.4, -0.2) is 20.1 Å². The highest BCUT2D eigenvalue weighted by atomic mass is 35.5. The second kappa shape index (κ2) is 7.95. The van der Waals surface area contributed by atoms with Gasteiger partial charge in [0.2, 0.25) is 0 Å². The number of rotatable bonds is 6. The van der Waals surface area contributed by atoms with E-state index in [4.69, 9.17) is 21.6 Å². The molecule has 0 aromatic heterocycles. The van der Waals surface area contributed by atoms with Crippen molar-refractivity contribution < 1.29 is 17.9 Å². The number of benzene rings is 2. The molecule has 0 aliphatic rings. The van der Waals surface area contributed by atoms with Gasteiger partial charge in [-0.1, -0.05) is 23.7 Å². The van der Waals surface area contributed by atoms with Gasteiger partial charge in [0.1, 0.15) is 6.61 Å². The molecule has 24 heavy (non-hydrogen) atoms. The molecule has 0 saturated heterocycles. The highest BCUT2D eigenvalue weighted by Gasteiger charge is 2.17. The van der Waals surface area contributed by atoms with Gasteiger partial charge >= 0.3 is 5.97 Å². The van der Waals surface area contributed by atoms with Crippen molar-refractivity contribution in [2.24, 2.45) is 0 Å². The first-order valence-electron chi connectivity index (χ1n) is 7.04. The van der Waals surface area contributed by atoms with Crippen molar-refractivity contribution in [3.8, 4) is 6.07 Å². The van der Waals surface area contributed by atoms with Gasteiger partial charge in [0.15, 0.2) is 9.84 Å². The molecule has 0 aliphatic carbocycles. The van der Waals surface area contributed by atoms with Crippen molar-refractivity contribution in [3.63, 3.8) is 0 Å². The van der Waals surface area contributed by atoms with Crippen LogP contribution >= 0.6 is 11.6 Å². The molecule has 2 aromatic rings. The summed E-state index contributed by atoms with van der Waals surface area (Å²) in [5.74, 6) is -0.933. The first-order valence-corrected chi connectivity index (χ1v) is 9.07. The number of esters is 1. The number of carbonyl (C=O) groups excluding carboxylic acids is 1. The lowest BCUT2D eigenvalue weighted by Crippen LogP contribution is -2.13. The zero-order valence-electron chi connectivity index (χ0n) is 12.6. The van der Waals surface area contributed by atoms with Gasteiger partial charge in [-0.25, -0.2) is 8.42 Å². The summed E-state index contributed by atoms with van der Waals surface area (Å²) in [7, 11) is -3.56. The first kappa shape index (κ1) is 18.0. The molecule has 0 aliphatic heterocycles. The van der Waals surface area contributed by atoms with Gasteiger partial charge in [-0.3, -0.25) is 4.79 Å². The maximum absolute atomic E-state index is 12.1. The molecule has 0 heterocycles. The van der Waals surface area contributed by atoms with E-state index in [1.807, 2.05) is 6.07 Å². The van der Waals surface area contributed by atoms with Gasteiger partial charge in [0, 0.05) is 5.02 Å². The predicted molar refractivity (Wildman–Crippen MR) is 89.1 cm³/mol. The first-order chi connectivity index (χ1) is 11.4. The van der Waals surface area contributed by atoms with Crippen molar-refractivity contribution in [1.82, 2.24) is 0 Å². The molecular formula is C17H14ClNO4S. The third kappa shape index (κ3) is 5.08. The Hall–Kier alpha value is -2.36. The lowest BCUT2D eigenvalue weighted by molar-refractivity contribution is -0.144. The van der Waals surface area contributed by atoms with Gasteiger partial charge in [-0.15, -0.1) is 0 Å². The summed E-state index contributed by atoms with van der Waals surface area (Å²) in [5.41, 5.74) is 1.24. The molecule has 124 valence electrons. The van der Waals surface area contributed by atoms with E-state index in [2.05, 4.69) is 0 Å². The molecule has 7 heteroatoms. The SMILES string of the molecule is N#Cc1ccc(COC(=O)CCS(=O)(=O)c2ccc(Cl)cc2)cc1. The number of ether oxygens (including phenoxy) is 1. The Labute approximate surface area is 145 Å². The second-order valence-corrected chi connectivity index (χ2v) is 7.54. The summed E-state index contributed by atoms with van der Waals surface area (Å²) < 4.78 is 29.3. The molecule has 2 rings (SSSR count). The van der Waals surface area contributed by atoms with Gasteiger partial charge in [0.25, 0.3) is 0 Å². The van der Waals surface area contributed by atoms with Crippen LogP contribution in [-0.2, 0) is 26.0 Å². The summed E-state index contributed by atoms with van der Waals surface area (Å²) in [6.07, 6.45) is -0.235. The molecule has 0 atom stereocenters. The Morgan fingerprint density at radius 2 is 1.71 bits per heavy atom. The van der Waals surface area contributed by atoms with E-state index in [1.165, 1.54) is 24.3 Å². The smallest absolute Gasteiger partial charge is 0.307 e. The lowest BCUT2D eigenvalue weighted by atomic mass is 10.2. The molecule has 0 saturated carbocycles. The van der Waals surface area contributed by atoms with Crippen LogP contribution in [0.3, 0.4) is 0 Å². The van der Waals surface area contributed by atoms with E-state index in [0.717, 1.165) is 5.56 Å². The normalized spacial score (nSPS) is 10.8. The van der Waals surface area contributed by atoms with Gasteiger partial charge in [-0.2, -0.15) is 5.26 Å². The van der Waals surface area contributed by atoms with Crippen molar-refractivity contribution in [2.45, 2.75) is 17.9 Å². The minimum Gasteiger partial charge on any atom is -0.461 e. The Bertz CT molecular complexity index is 853. The summed E-state index contributed by atoms with van der Waals surface area (Å²) in [6.45, 7) is 0.0333. The summed E-state index contributed by atoms with van der Waals surface area (Å²) >= 11 is 5.72. The van der Waals surface area contributed by atoms with Gasteiger partial charge in [0.05, 0.1) is 28.7 Å². The standard InChI is InChI=1S/C17H14ClNO4S/c18-15-5-7-16(8-6-15)24(21,22)10-9-17(20)23-12-14-3-1-13(11-19)2-4-14/h1-8H,9-10,12H2. The Morgan fingerprint density at radius 3 is 2.29 bits per heavy atom. The summed E-state index contributed by atoms with van der Waals surface area (Å²) in [6, 6.07) is 14.4. The van der Waals surface area contributed by atoms with Crippen molar-refractivity contribution >= 4 is 27.4 Å². The van der Waals surface area contributed by atoms with Crippen LogP contribution in [0.5, 0.6) is 0 Å². The Morgan fingerprint density at radius 1 is 1.08 bits per heavy atom. The molecule has 0 unspecified atom stereocenters. The van der Waals surface area contributed by atoms with Gasteiger partial charge in [-0.05, 0) is 42.0 Å². The fourth-order valence-corrected chi connectivity index (χ4v) is 3.24. The molecule has 2 aromatic carbocycles. The van der Waals surface area contributed by atoms with E-state index in [9.17, 15) is 13.2 Å². The third-order valence-corrected chi connectivity index (χ3v) is 5.21. The lowest BCUT2D eigenvalue weighted by Gasteiger charge is -2.06. The van der Waals surface area contributed by atoms with E-state index < -0.39 is 15.8 Å². The number of nitriles is 1. The third-order valence-electron chi connectivity index (χ3n) is 3.23. The monoisotopic (exact) mass is 363 g/mol. The number of hydrogen-bond acceptors (Lipinski definition) is 5. The molecule has 0 spiro atoms. The minimum absolute atomic E-state index is 0.0333. The zero-order valence-corrected chi connectivity index (χ0v) is 14.2. The van der Waals surface area contributed by atoms with Crippen molar-refractivity contribution in [2.75, 3.05) is 5.75 Å². The molecular weight excluding hydrogens is 350 g/mol. The van der Waals surface area contributed by atoms with E-state index in [0.29, 0.717) is 10.6 Å². The minimum atomic E-state index is -3.56. The van der Waals surface area contributed by atoms with Crippen LogP contribution in [0.25, 0.3) is 0 Å². The largest absolute Gasteiger partial charge is 0.461 e. The van der Waals surface area contributed by atoms with E-state index >= 15 is 0 Å². The highest BCUT2D eigenvalue weighted by molar-refractivity contribution is 7.91. The predicted octanol–water partition coefficient (Wildman–Crippen LogP) is 3.12. The average molecular weight is 364 g/mol. The quantitative estimate of drug-likeness (QED) is 0.736. The number of halogens is 1. The molecule has 0 N–H and O–H groups in total. The maximum Gasteiger partial charge on any atom is 0.307 e. The summed E-state index contributed by atoms with van der Waals surface area (Å²) in [4.78, 5) is 11.8. The zero-order chi connectivity index (χ0) is 17.6. The molecule has 0 bridgehead atoms. The van der Waals surface area contributed by atoms with Crippen molar-refractivity contribution in [3.05, 3.63) is 64.7 Å². The molecule has 0 amide bonds. The second-order valence-electron chi connectivity index (χ2n) is 4.99. The highest BCUT2D eigenvalue weighted by Crippen LogP contribution is 2.16. The average Bonchev–Trinajstić information content (AvgIpc) is 2.59. The van der Waals surface area contributed by atoms with E-state index in [-0.39, 0.29) is 23.7 Å². The molecule has 0 radical (unpaired) electrons. The molecule has 0 fully saturated rings.